The summed E-state index contributed by atoms with van der Waals surface area (Å²) in [7, 11) is 3.57. The van der Waals surface area contributed by atoms with E-state index in [0.717, 1.165) is 56.4 Å². The minimum atomic E-state index is 0. The largest absolute Gasteiger partial charge is 0.496 e. The van der Waals surface area contributed by atoms with E-state index in [1.165, 1.54) is 18.4 Å². The maximum absolute atomic E-state index is 5.66. The van der Waals surface area contributed by atoms with Crippen LogP contribution in [0.3, 0.4) is 0 Å². The Morgan fingerprint density at radius 3 is 2.69 bits per heavy atom. The number of hydrogen-bond acceptors (Lipinski definition) is 4. The Morgan fingerprint density at radius 2 is 2.00 bits per heavy atom. The third kappa shape index (κ3) is 5.61. The molecule has 1 saturated carbocycles. The molecule has 2 aromatic rings. The van der Waals surface area contributed by atoms with Crippen LogP contribution < -0.4 is 15.4 Å². The van der Waals surface area contributed by atoms with E-state index in [-0.39, 0.29) is 29.4 Å². The van der Waals surface area contributed by atoms with Crippen LogP contribution in [0.4, 0.5) is 0 Å². The van der Waals surface area contributed by atoms with Gasteiger partial charge in [-0.25, -0.2) is 0 Å². The van der Waals surface area contributed by atoms with Gasteiger partial charge in [0.05, 0.1) is 7.11 Å². The molecule has 0 saturated heterocycles. The van der Waals surface area contributed by atoms with Crippen molar-refractivity contribution >= 4 is 29.9 Å². The second-order valence-electron chi connectivity index (χ2n) is 7.33. The molecule has 1 aliphatic carbocycles. The fourth-order valence-electron chi connectivity index (χ4n) is 4.18. The minimum Gasteiger partial charge on any atom is -0.496 e. The van der Waals surface area contributed by atoms with Gasteiger partial charge >= 0.3 is 0 Å². The van der Waals surface area contributed by atoms with E-state index in [9.17, 15) is 0 Å². The molecule has 3 rings (SSSR count). The fraction of sp³-hybridized carbons (Fsp3) is 0.571. The summed E-state index contributed by atoms with van der Waals surface area (Å²) in [6, 6.07) is 8.41. The van der Waals surface area contributed by atoms with Crippen molar-refractivity contribution < 1.29 is 4.74 Å². The number of benzene rings is 1. The summed E-state index contributed by atoms with van der Waals surface area (Å²) in [5.41, 5.74) is 1.39. The van der Waals surface area contributed by atoms with Gasteiger partial charge < -0.3 is 19.9 Å². The Kier molecular flexibility index (Phi) is 9.19. The second-order valence-corrected chi connectivity index (χ2v) is 7.33. The Morgan fingerprint density at radius 1 is 1.24 bits per heavy atom. The molecule has 0 bridgehead atoms. The van der Waals surface area contributed by atoms with Gasteiger partial charge in [-0.05, 0) is 18.9 Å². The van der Waals surface area contributed by atoms with Gasteiger partial charge in [0.25, 0.3) is 0 Å². The molecule has 0 unspecified atom stereocenters. The molecule has 0 radical (unpaired) electrons. The summed E-state index contributed by atoms with van der Waals surface area (Å²) >= 11 is 0. The lowest BCUT2D eigenvalue weighted by Crippen LogP contribution is -2.45. The fourth-order valence-corrected chi connectivity index (χ4v) is 4.18. The molecule has 0 spiro atoms. The summed E-state index contributed by atoms with van der Waals surface area (Å²) in [6.45, 7) is 4.52. The van der Waals surface area contributed by atoms with Gasteiger partial charge in [-0.2, -0.15) is 0 Å². The molecule has 1 aromatic carbocycles. The normalized spacial score (nSPS) is 15.6. The SMILES string of the molecule is CCc1nncn1CCNC(=NC)NCC1(c2ccccc2OC)CCCC1.I. The van der Waals surface area contributed by atoms with Crippen LogP contribution in [0.5, 0.6) is 5.75 Å². The average molecular weight is 512 g/mol. The minimum absolute atomic E-state index is 0. The number of para-hydroxylation sites is 1. The standard InChI is InChI=1S/C21H32N6O.HI/c1-4-19-26-25-16-27(19)14-13-23-20(22-2)24-15-21(11-7-8-12-21)17-9-5-6-10-18(17)28-3;/h5-6,9-10,16H,4,7-8,11-15H2,1-3H3,(H2,22,23,24);1H. The summed E-state index contributed by atoms with van der Waals surface area (Å²) in [4.78, 5) is 4.40. The van der Waals surface area contributed by atoms with Crippen molar-refractivity contribution in [3.8, 4) is 5.75 Å². The van der Waals surface area contributed by atoms with Crippen LogP contribution >= 0.6 is 24.0 Å². The molecule has 7 nitrogen and oxygen atoms in total. The number of nitrogens with one attached hydrogen (secondary N) is 2. The third-order valence-electron chi connectivity index (χ3n) is 5.71. The molecule has 0 atom stereocenters. The third-order valence-corrected chi connectivity index (χ3v) is 5.71. The zero-order valence-electron chi connectivity index (χ0n) is 17.6. The van der Waals surface area contributed by atoms with Gasteiger partial charge in [0.15, 0.2) is 5.96 Å². The van der Waals surface area contributed by atoms with Crippen molar-refractivity contribution in [1.29, 1.82) is 0 Å². The van der Waals surface area contributed by atoms with E-state index in [4.69, 9.17) is 4.74 Å². The summed E-state index contributed by atoms with van der Waals surface area (Å²) in [6.07, 6.45) is 7.49. The van der Waals surface area contributed by atoms with Crippen molar-refractivity contribution in [1.82, 2.24) is 25.4 Å². The van der Waals surface area contributed by atoms with Crippen LogP contribution in [0, 0.1) is 0 Å². The van der Waals surface area contributed by atoms with E-state index in [1.807, 2.05) is 13.1 Å². The molecule has 1 heterocycles. The molecule has 2 N–H and O–H groups in total. The number of ether oxygens (including phenoxy) is 1. The molecular formula is C21H33IN6O. The van der Waals surface area contributed by atoms with Gasteiger partial charge in [0.1, 0.15) is 17.9 Å². The molecule has 0 amide bonds. The molecular weight excluding hydrogens is 479 g/mol. The summed E-state index contributed by atoms with van der Waals surface area (Å²) < 4.78 is 7.73. The number of methoxy groups -OCH3 is 1. The van der Waals surface area contributed by atoms with Gasteiger partial charge in [0, 0.05) is 44.1 Å². The van der Waals surface area contributed by atoms with Crippen LogP contribution in [-0.2, 0) is 18.4 Å². The maximum atomic E-state index is 5.66. The van der Waals surface area contributed by atoms with Crippen molar-refractivity contribution in [2.45, 2.75) is 51.0 Å². The number of nitrogens with zero attached hydrogens (tertiary/aromatic N) is 4. The average Bonchev–Trinajstić information content (AvgIpc) is 3.40. The molecule has 1 fully saturated rings. The first-order valence-corrected chi connectivity index (χ1v) is 10.2. The van der Waals surface area contributed by atoms with Gasteiger partial charge in [-0.15, -0.1) is 34.2 Å². The molecule has 160 valence electrons. The Bertz CT molecular complexity index is 785. The molecule has 0 aliphatic heterocycles. The summed E-state index contributed by atoms with van der Waals surface area (Å²) in [5, 5.41) is 15.1. The van der Waals surface area contributed by atoms with E-state index in [1.54, 1.807) is 13.4 Å². The topological polar surface area (TPSA) is 76.4 Å². The number of rotatable bonds is 8. The first kappa shape index (κ1) is 23.4. The van der Waals surface area contributed by atoms with Crippen LogP contribution in [0.25, 0.3) is 0 Å². The first-order chi connectivity index (χ1) is 13.7. The maximum Gasteiger partial charge on any atom is 0.191 e. The molecule has 29 heavy (non-hydrogen) atoms. The predicted molar refractivity (Wildman–Crippen MR) is 127 cm³/mol. The Hall–Kier alpha value is -1.84. The zero-order valence-corrected chi connectivity index (χ0v) is 20.0. The highest BCUT2D eigenvalue weighted by atomic mass is 127. The van der Waals surface area contributed by atoms with Crippen LogP contribution in [0.15, 0.2) is 35.6 Å². The van der Waals surface area contributed by atoms with E-state index in [0.29, 0.717) is 0 Å². The highest BCUT2D eigenvalue weighted by molar-refractivity contribution is 14.0. The summed E-state index contributed by atoms with van der Waals surface area (Å²) in [5.74, 6) is 2.81. The number of guanidine groups is 1. The second kappa shape index (κ2) is 11.4. The van der Waals surface area contributed by atoms with Crippen LogP contribution in [0.2, 0.25) is 0 Å². The highest BCUT2D eigenvalue weighted by Crippen LogP contribution is 2.44. The van der Waals surface area contributed by atoms with Crippen molar-refractivity contribution in [2.24, 2.45) is 4.99 Å². The number of aromatic nitrogens is 3. The number of aryl methyl sites for hydroxylation is 1. The molecule has 1 aromatic heterocycles. The van der Waals surface area contributed by atoms with Crippen molar-refractivity contribution in [2.75, 3.05) is 27.2 Å². The highest BCUT2D eigenvalue weighted by Gasteiger charge is 2.37. The quantitative estimate of drug-likeness (QED) is 0.323. The van der Waals surface area contributed by atoms with Gasteiger partial charge in [-0.1, -0.05) is 38.0 Å². The van der Waals surface area contributed by atoms with E-state index in [2.05, 4.69) is 55.5 Å². The first-order valence-electron chi connectivity index (χ1n) is 10.2. The van der Waals surface area contributed by atoms with E-state index >= 15 is 0 Å². The van der Waals surface area contributed by atoms with Gasteiger partial charge in [-0.3, -0.25) is 4.99 Å². The Balaban J connectivity index is 0.00000300. The van der Waals surface area contributed by atoms with Crippen LogP contribution in [-0.4, -0.2) is 48.0 Å². The van der Waals surface area contributed by atoms with Gasteiger partial charge in [0.2, 0.25) is 0 Å². The van der Waals surface area contributed by atoms with Crippen molar-refractivity contribution in [3.05, 3.63) is 42.0 Å². The lowest BCUT2D eigenvalue weighted by Gasteiger charge is -2.32. The molecule has 1 aliphatic rings. The Labute approximate surface area is 190 Å². The lowest BCUT2D eigenvalue weighted by molar-refractivity contribution is 0.371. The number of hydrogen-bond donors (Lipinski definition) is 2. The van der Waals surface area contributed by atoms with E-state index < -0.39 is 0 Å². The smallest absolute Gasteiger partial charge is 0.191 e. The van der Waals surface area contributed by atoms with Crippen molar-refractivity contribution in [3.63, 3.8) is 0 Å². The lowest BCUT2D eigenvalue weighted by atomic mass is 9.78. The number of halogens is 1. The predicted octanol–water partition coefficient (Wildman–Crippen LogP) is 3.14. The monoisotopic (exact) mass is 512 g/mol. The van der Waals surface area contributed by atoms with Crippen LogP contribution in [0.1, 0.15) is 44.0 Å². The zero-order chi connectivity index (χ0) is 19.8. The number of aliphatic imine (C=N–C) groups is 1. The molecule has 8 heteroatoms.